The van der Waals surface area contributed by atoms with Gasteiger partial charge in [0, 0.05) is 17.2 Å². The Balaban J connectivity index is 0.000000500. The predicted octanol–water partition coefficient (Wildman–Crippen LogP) is 1.57. The number of hydrogen-bond acceptors (Lipinski definition) is 2. The number of fused-ring (bicyclic) bond motifs is 1. The van der Waals surface area contributed by atoms with Gasteiger partial charge in [0.2, 0.25) is 0 Å². The third-order valence-corrected chi connectivity index (χ3v) is 2.85. The molecule has 1 aliphatic heterocycles. The molecule has 1 saturated heterocycles. The first-order valence-corrected chi connectivity index (χ1v) is 4.22. The zero-order valence-corrected chi connectivity index (χ0v) is 7.12. The Morgan fingerprint density at radius 1 is 1.30 bits per heavy atom. The molecule has 0 bridgehead atoms. The van der Waals surface area contributed by atoms with E-state index in [2.05, 4.69) is 29.6 Å². The molecule has 2 atom stereocenters. The van der Waals surface area contributed by atoms with E-state index >= 15 is 0 Å². The van der Waals surface area contributed by atoms with E-state index in [1.807, 2.05) is 11.8 Å². The molecule has 1 fully saturated rings. The molecule has 0 aromatic rings. The summed E-state index contributed by atoms with van der Waals surface area (Å²) in [7, 11) is 0. The zero-order valence-electron chi connectivity index (χ0n) is 5.49. The molecule has 0 radical (unpaired) electrons. The van der Waals surface area contributed by atoms with E-state index in [1.54, 1.807) is 0 Å². The van der Waals surface area contributed by atoms with Crippen molar-refractivity contribution >= 4 is 24.2 Å². The highest BCUT2D eigenvalue weighted by Gasteiger charge is 2.23. The fraction of sp³-hybridized carbons (Fsp3) is 0.429. The van der Waals surface area contributed by atoms with Crippen LogP contribution >= 0.6 is 24.2 Å². The van der Waals surface area contributed by atoms with Crippen LogP contribution in [0.3, 0.4) is 0 Å². The highest BCUT2D eigenvalue weighted by Crippen LogP contribution is 2.24. The van der Waals surface area contributed by atoms with Gasteiger partial charge in [-0.25, -0.2) is 0 Å². The normalized spacial score (nSPS) is 35.2. The largest absolute Gasteiger partial charge is 0.300 e. The maximum Gasteiger partial charge on any atom is 0.0432 e. The molecule has 0 amide bonds. The molecular weight excluding hydrogens is 166 g/mol. The lowest BCUT2D eigenvalue weighted by Crippen LogP contribution is -2.27. The molecule has 1 heterocycles. The minimum atomic E-state index is 0. The summed E-state index contributed by atoms with van der Waals surface area (Å²) >= 11 is 1.98. The van der Waals surface area contributed by atoms with Crippen LogP contribution in [-0.2, 0) is 0 Å². The van der Waals surface area contributed by atoms with Gasteiger partial charge in [0.25, 0.3) is 0 Å². The maximum atomic E-state index is 3.38. The van der Waals surface area contributed by atoms with Crippen LogP contribution in [0.15, 0.2) is 24.3 Å². The molecule has 1 nitrogen and oxygen atoms in total. The molecule has 0 aromatic carbocycles. The van der Waals surface area contributed by atoms with Crippen molar-refractivity contribution < 1.29 is 0 Å². The van der Waals surface area contributed by atoms with Crippen LogP contribution in [0.2, 0.25) is 0 Å². The highest BCUT2D eigenvalue weighted by molar-refractivity contribution is 8.00. The van der Waals surface area contributed by atoms with Gasteiger partial charge >= 0.3 is 0 Å². The number of halogens is 1. The van der Waals surface area contributed by atoms with Crippen LogP contribution in [-0.4, -0.2) is 17.2 Å². The molecule has 10 heavy (non-hydrogen) atoms. The number of thioether (sulfide) groups is 1. The quantitative estimate of drug-likeness (QED) is 0.600. The van der Waals surface area contributed by atoms with E-state index < -0.39 is 0 Å². The summed E-state index contributed by atoms with van der Waals surface area (Å²) in [5, 5.41) is 4.09. The van der Waals surface area contributed by atoms with E-state index in [9.17, 15) is 0 Å². The van der Waals surface area contributed by atoms with Gasteiger partial charge in [-0.3, -0.25) is 0 Å². The Morgan fingerprint density at radius 2 is 2.10 bits per heavy atom. The molecule has 1 N–H and O–H groups in total. The summed E-state index contributed by atoms with van der Waals surface area (Å²) < 4.78 is 0. The van der Waals surface area contributed by atoms with Crippen molar-refractivity contribution in [2.45, 2.75) is 11.3 Å². The molecule has 2 unspecified atom stereocenters. The van der Waals surface area contributed by atoms with E-state index in [0.717, 1.165) is 5.88 Å². The average molecular weight is 176 g/mol. The molecule has 0 spiro atoms. The number of nitrogens with one attached hydrogen (secondary N) is 1. The first-order chi connectivity index (χ1) is 4.47. The Labute approximate surface area is 71.4 Å². The number of hydrogen-bond donors (Lipinski definition) is 1. The van der Waals surface area contributed by atoms with Gasteiger partial charge in [0.05, 0.1) is 0 Å². The van der Waals surface area contributed by atoms with Gasteiger partial charge in [0.1, 0.15) is 0 Å². The van der Waals surface area contributed by atoms with E-state index in [0.29, 0.717) is 11.3 Å². The monoisotopic (exact) mass is 175 g/mol. The summed E-state index contributed by atoms with van der Waals surface area (Å²) in [6.45, 7) is 0. The average Bonchev–Trinajstić information content (AvgIpc) is 2.33. The summed E-state index contributed by atoms with van der Waals surface area (Å²) in [5.74, 6) is 1.10. The fourth-order valence-electron chi connectivity index (χ4n) is 1.17. The Kier molecular flexibility index (Phi) is 2.83. The first kappa shape index (κ1) is 8.18. The van der Waals surface area contributed by atoms with Crippen LogP contribution in [0.5, 0.6) is 0 Å². The van der Waals surface area contributed by atoms with Crippen molar-refractivity contribution in [3.05, 3.63) is 24.3 Å². The number of allylic oxidation sites excluding steroid dienone is 2. The Hall–Kier alpha value is 0.0800. The SMILES string of the molecule is C1=CC2NCSC2C=C1.Cl. The molecule has 3 heteroatoms. The summed E-state index contributed by atoms with van der Waals surface area (Å²) in [5.41, 5.74) is 0. The van der Waals surface area contributed by atoms with Gasteiger partial charge in [-0.05, 0) is 0 Å². The second-order valence-corrected chi connectivity index (χ2v) is 3.44. The third-order valence-electron chi connectivity index (χ3n) is 1.68. The Bertz CT molecular complexity index is 149. The van der Waals surface area contributed by atoms with Gasteiger partial charge in [-0.15, -0.1) is 24.2 Å². The minimum Gasteiger partial charge on any atom is -0.300 e. The van der Waals surface area contributed by atoms with Gasteiger partial charge in [-0.1, -0.05) is 24.3 Å². The van der Waals surface area contributed by atoms with Gasteiger partial charge < -0.3 is 5.32 Å². The van der Waals surface area contributed by atoms with Crippen molar-refractivity contribution in [1.82, 2.24) is 5.32 Å². The summed E-state index contributed by atoms with van der Waals surface area (Å²) in [6, 6.07) is 0.611. The second-order valence-electron chi connectivity index (χ2n) is 2.28. The van der Waals surface area contributed by atoms with Gasteiger partial charge in [-0.2, -0.15) is 0 Å². The van der Waals surface area contributed by atoms with Crippen molar-refractivity contribution in [3.8, 4) is 0 Å². The lowest BCUT2D eigenvalue weighted by molar-refractivity contribution is 0.705. The maximum absolute atomic E-state index is 3.38. The highest BCUT2D eigenvalue weighted by atomic mass is 35.5. The van der Waals surface area contributed by atoms with E-state index in [1.165, 1.54) is 0 Å². The Morgan fingerprint density at radius 3 is 2.90 bits per heavy atom. The smallest absolute Gasteiger partial charge is 0.0432 e. The zero-order chi connectivity index (χ0) is 6.10. The third kappa shape index (κ3) is 1.39. The molecule has 0 saturated carbocycles. The molecule has 56 valence electrons. The van der Waals surface area contributed by atoms with Crippen LogP contribution in [0, 0.1) is 0 Å². The summed E-state index contributed by atoms with van der Waals surface area (Å²) in [6.07, 6.45) is 8.72. The van der Waals surface area contributed by atoms with E-state index in [4.69, 9.17) is 0 Å². The molecule has 2 aliphatic rings. The molecule has 2 rings (SSSR count). The molecule has 0 aromatic heterocycles. The minimum absolute atomic E-state index is 0. The lowest BCUT2D eigenvalue weighted by Gasteiger charge is -2.12. The van der Waals surface area contributed by atoms with Crippen LogP contribution in [0.1, 0.15) is 0 Å². The van der Waals surface area contributed by atoms with E-state index in [-0.39, 0.29) is 12.4 Å². The summed E-state index contributed by atoms with van der Waals surface area (Å²) in [4.78, 5) is 0. The molecule has 1 aliphatic carbocycles. The fourth-order valence-corrected chi connectivity index (χ4v) is 2.25. The predicted molar refractivity (Wildman–Crippen MR) is 48.7 cm³/mol. The second kappa shape index (κ2) is 3.46. The van der Waals surface area contributed by atoms with Gasteiger partial charge in [0.15, 0.2) is 0 Å². The van der Waals surface area contributed by atoms with Crippen molar-refractivity contribution in [3.63, 3.8) is 0 Å². The number of rotatable bonds is 0. The van der Waals surface area contributed by atoms with Crippen LogP contribution in [0.25, 0.3) is 0 Å². The van der Waals surface area contributed by atoms with Crippen LogP contribution in [0.4, 0.5) is 0 Å². The topological polar surface area (TPSA) is 12.0 Å². The van der Waals surface area contributed by atoms with Crippen molar-refractivity contribution in [1.29, 1.82) is 0 Å². The van der Waals surface area contributed by atoms with Crippen molar-refractivity contribution in [2.75, 3.05) is 5.88 Å². The standard InChI is InChI=1S/C7H9NS.ClH/c1-2-4-7-6(3-1)8-5-9-7;/h1-4,6-8H,5H2;1H. The lowest BCUT2D eigenvalue weighted by atomic mass is 10.1. The molecular formula is C7H10ClNS. The first-order valence-electron chi connectivity index (χ1n) is 3.17. The van der Waals surface area contributed by atoms with Crippen molar-refractivity contribution in [2.24, 2.45) is 0 Å². The van der Waals surface area contributed by atoms with Crippen LogP contribution < -0.4 is 5.32 Å².